The second kappa shape index (κ2) is 8.98. The second-order valence-corrected chi connectivity index (χ2v) is 11.4. The Kier molecular flexibility index (Phi) is 7.24. The van der Waals surface area contributed by atoms with Crippen molar-refractivity contribution >= 4 is 15.3 Å². The fourth-order valence-electron chi connectivity index (χ4n) is 3.90. The molecule has 1 fully saturated rings. The number of hydrogen-bond acceptors (Lipinski definition) is 2. The molecule has 1 aliphatic rings. The first kappa shape index (κ1) is 20.2. The molecule has 25 heavy (non-hydrogen) atoms. The van der Waals surface area contributed by atoms with Gasteiger partial charge in [0.15, 0.2) is 0 Å². The summed E-state index contributed by atoms with van der Waals surface area (Å²) in [6.45, 7) is 4.27. The number of rotatable bonds is 7. The Morgan fingerprint density at radius 3 is 2.24 bits per heavy atom. The number of carbonyl (C=O) groups is 1. The largest absolute Gasteiger partial charge is 0.481 e. The molecule has 1 aromatic carbocycles. The van der Waals surface area contributed by atoms with Crippen LogP contribution in [0, 0.1) is 5.92 Å². The normalized spacial score (nSPS) is 23.0. The zero-order valence-electron chi connectivity index (χ0n) is 16.2. The summed E-state index contributed by atoms with van der Waals surface area (Å²) in [6.07, 6.45) is 12.3. The van der Waals surface area contributed by atoms with Gasteiger partial charge in [0.1, 0.15) is 11.2 Å². The van der Waals surface area contributed by atoms with Crippen molar-refractivity contribution in [1.82, 2.24) is 0 Å². The molecule has 0 amide bonds. The van der Waals surface area contributed by atoms with E-state index in [9.17, 15) is 9.90 Å². The average molecular weight is 367 g/mol. The van der Waals surface area contributed by atoms with Gasteiger partial charge in [-0.15, -0.1) is 10.0 Å². The first-order chi connectivity index (χ1) is 11.9. The van der Waals surface area contributed by atoms with Crippen LogP contribution in [0.4, 0.5) is 4.79 Å². The monoisotopic (exact) mass is 366 g/mol. The maximum absolute atomic E-state index is 11.5. The first-order valence-corrected chi connectivity index (χ1v) is 12.1. The van der Waals surface area contributed by atoms with Gasteiger partial charge in [0.25, 0.3) is 0 Å². The van der Waals surface area contributed by atoms with Crippen LogP contribution >= 0.6 is 10.0 Å². The lowest BCUT2D eigenvalue weighted by molar-refractivity contribution is 0.218. The summed E-state index contributed by atoms with van der Waals surface area (Å²) in [6, 6.07) is 8.40. The van der Waals surface area contributed by atoms with E-state index in [0.29, 0.717) is 12.3 Å². The van der Waals surface area contributed by atoms with Gasteiger partial charge in [-0.1, -0.05) is 38.8 Å². The van der Waals surface area contributed by atoms with Crippen LogP contribution in [0.5, 0.6) is 5.75 Å². The van der Waals surface area contributed by atoms with Crippen LogP contribution in [0.1, 0.15) is 70.3 Å². The van der Waals surface area contributed by atoms with E-state index in [1.165, 1.54) is 44.1 Å². The molecule has 0 saturated heterocycles. The molecule has 1 aromatic rings. The summed E-state index contributed by atoms with van der Waals surface area (Å²) in [7, 11) is -1.84. The molecule has 1 aliphatic carbocycles. The van der Waals surface area contributed by atoms with Gasteiger partial charge in [0.2, 0.25) is 0 Å². The quantitative estimate of drug-likeness (QED) is 0.590. The lowest BCUT2D eigenvalue weighted by atomic mass is 9.77. The van der Waals surface area contributed by atoms with Crippen molar-refractivity contribution in [3.63, 3.8) is 0 Å². The topological polar surface area (TPSA) is 46.5 Å². The van der Waals surface area contributed by atoms with Crippen molar-refractivity contribution in [3.8, 4) is 5.75 Å². The fraction of sp³-hybridized carbons (Fsp3) is 0.667. The molecule has 4 heteroatoms. The zero-order valence-corrected chi connectivity index (χ0v) is 17.0. The van der Waals surface area contributed by atoms with Crippen molar-refractivity contribution in [2.24, 2.45) is 5.92 Å². The van der Waals surface area contributed by atoms with Crippen molar-refractivity contribution < 1.29 is 14.6 Å². The van der Waals surface area contributed by atoms with Gasteiger partial charge in [0.05, 0.1) is 0 Å². The van der Waals surface area contributed by atoms with Gasteiger partial charge >= 0.3 is 5.30 Å². The Balaban J connectivity index is 1.97. The molecule has 0 heterocycles. The highest BCUT2D eigenvalue weighted by atomic mass is 32.3. The minimum Gasteiger partial charge on any atom is -0.481 e. The van der Waals surface area contributed by atoms with E-state index >= 15 is 0 Å². The summed E-state index contributed by atoms with van der Waals surface area (Å²) < 4.78 is 6.04. The molecule has 1 unspecified atom stereocenters. The predicted molar refractivity (Wildman–Crippen MR) is 108 cm³/mol. The van der Waals surface area contributed by atoms with Gasteiger partial charge in [-0.2, -0.15) is 0 Å². The van der Waals surface area contributed by atoms with Crippen molar-refractivity contribution in [3.05, 3.63) is 29.8 Å². The molecule has 1 N–H and O–H groups in total. The number of benzene rings is 1. The van der Waals surface area contributed by atoms with Crippen LogP contribution in [0.25, 0.3) is 0 Å². The molecule has 0 bridgehead atoms. The highest BCUT2D eigenvalue weighted by Crippen LogP contribution is 2.48. The SMILES string of the molecule is CCCC1CCC(c2ccc(OC(CC)S(C)(C)C(=O)O)cc2)CC1. The highest BCUT2D eigenvalue weighted by Gasteiger charge is 2.32. The van der Waals surface area contributed by atoms with Crippen molar-refractivity contribution in [1.29, 1.82) is 0 Å². The summed E-state index contributed by atoms with van der Waals surface area (Å²) in [5, 5.41) is 8.72. The van der Waals surface area contributed by atoms with Crippen molar-refractivity contribution in [2.75, 3.05) is 12.5 Å². The first-order valence-electron chi connectivity index (χ1n) is 9.60. The third kappa shape index (κ3) is 5.16. The summed E-state index contributed by atoms with van der Waals surface area (Å²) in [4.78, 5) is 11.5. The number of hydrogen-bond donors (Lipinski definition) is 1. The molecule has 1 saturated carbocycles. The van der Waals surface area contributed by atoms with Crippen LogP contribution in [-0.2, 0) is 0 Å². The van der Waals surface area contributed by atoms with E-state index in [2.05, 4.69) is 19.1 Å². The summed E-state index contributed by atoms with van der Waals surface area (Å²) >= 11 is 0. The van der Waals surface area contributed by atoms with Crippen LogP contribution in [-0.4, -0.2) is 28.4 Å². The molecular formula is C21H34O3S. The minimum atomic E-state index is -1.84. The van der Waals surface area contributed by atoms with E-state index in [1.807, 2.05) is 31.6 Å². The van der Waals surface area contributed by atoms with Crippen LogP contribution in [0.15, 0.2) is 24.3 Å². The van der Waals surface area contributed by atoms with Crippen LogP contribution < -0.4 is 4.74 Å². The van der Waals surface area contributed by atoms with E-state index in [0.717, 1.165) is 11.7 Å². The third-order valence-electron chi connectivity index (χ3n) is 5.60. The lowest BCUT2D eigenvalue weighted by Gasteiger charge is -2.34. The second-order valence-electron chi connectivity index (χ2n) is 7.70. The van der Waals surface area contributed by atoms with E-state index < -0.39 is 15.3 Å². The average Bonchev–Trinajstić information content (AvgIpc) is 2.61. The maximum atomic E-state index is 11.5. The van der Waals surface area contributed by atoms with Gasteiger partial charge < -0.3 is 9.84 Å². The summed E-state index contributed by atoms with van der Waals surface area (Å²) in [5.41, 5.74) is 1.15. The lowest BCUT2D eigenvalue weighted by Crippen LogP contribution is -2.27. The molecule has 142 valence electrons. The van der Waals surface area contributed by atoms with Crippen LogP contribution in [0.2, 0.25) is 0 Å². The Labute approximate surface area is 154 Å². The molecule has 1 atom stereocenters. The Bertz CT molecular complexity index is 545. The zero-order chi connectivity index (χ0) is 18.4. The van der Waals surface area contributed by atoms with E-state index in [-0.39, 0.29) is 5.44 Å². The standard InChI is InChI=1S/C21H34O3S/c1-5-7-16-8-10-17(11-9-16)18-12-14-19(15-13-18)24-20(6-2)25(3,4)21(22)23/h12-17,20H,5-11H2,1-4H3,(H,22,23). The minimum absolute atomic E-state index is 0.250. The molecule has 3 nitrogen and oxygen atoms in total. The van der Waals surface area contributed by atoms with E-state index in [4.69, 9.17) is 4.74 Å². The number of ether oxygens (including phenoxy) is 1. The van der Waals surface area contributed by atoms with Gasteiger partial charge in [-0.25, -0.2) is 4.79 Å². The summed E-state index contributed by atoms with van der Waals surface area (Å²) in [5.74, 6) is 2.39. The van der Waals surface area contributed by atoms with Crippen molar-refractivity contribution in [2.45, 2.75) is 70.1 Å². The number of carboxylic acid groups (broad SMARTS) is 1. The molecule has 0 aromatic heterocycles. The van der Waals surface area contributed by atoms with Crippen LogP contribution in [0.3, 0.4) is 0 Å². The van der Waals surface area contributed by atoms with Gasteiger partial charge in [-0.3, -0.25) is 0 Å². The molecule has 0 spiro atoms. The Morgan fingerprint density at radius 1 is 1.16 bits per heavy atom. The molecule has 2 rings (SSSR count). The molecule has 0 aliphatic heterocycles. The Hall–Kier alpha value is -1.16. The smallest absolute Gasteiger partial charge is 0.349 e. The molecular weight excluding hydrogens is 332 g/mol. The van der Waals surface area contributed by atoms with Gasteiger partial charge in [0, 0.05) is 0 Å². The maximum Gasteiger partial charge on any atom is 0.349 e. The molecule has 0 radical (unpaired) electrons. The fourth-order valence-corrected chi connectivity index (χ4v) is 5.31. The predicted octanol–water partition coefficient (Wildman–Crippen LogP) is 6.62. The van der Waals surface area contributed by atoms with Gasteiger partial charge in [-0.05, 0) is 74.1 Å². The van der Waals surface area contributed by atoms with E-state index in [1.54, 1.807) is 0 Å². The third-order valence-corrected chi connectivity index (χ3v) is 8.25. The Morgan fingerprint density at radius 2 is 1.76 bits per heavy atom. The highest BCUT2D eigenvalue weighted by molar-refractivity contribution is 8.44.